The van der Waals surface area contributed by atoms with Gasteiger partial charge in [-0.05, 0) is 48.7 Å². The molecule has 3 rings (SSSR count). The Kier molecular flexibility index (Phi) is 7.17. The number of para-hydroxylation sites is 1. The molecular formula is C23H26N4O5S. The number of hydrogen-bond acceptors (Lipinski definition) is 6. The maximum Gasteiger partial charge on any atom is 0.312 e. The van der Waals surface area contributed by atoms with Gasteiger partial charge in [0.25, 0.3) is 5.91 Å². The number of carbonyl (C=O) groups is 2. The van der Waals surface area contributed by atoms with Crippen LogP contribution in [0.4, 0.5) is 17.1 Å². The second kappa shape index (κ2) is 9.86. The number of carbonyl (C=O) groups excluding carboxylic acids is 1. The lowest BCUT2D eigenvalue weighted by Crippen LogP contribution is -2.26. The fourth-order valence-corrected chi connectivity index (χ4v) is 4.05. The van der Waals surface area contributed by atoms with E-state index in [0.29, 0.717) is 11.4 Å². The predicted molar refractivity (Wildman–Crippen MR) is 129 cm³/mol. The van der Waals surface area contributed by atoms with Gasteiger partial charge in [-0.1, -0.05) is 32.0 Å². The maximum atomic E-state index is 13.2. The molecule has 0 fully saturated rings. The molecule has 3 N–H and O–H groups in total. The van der Waals surface area contributed by atoms with Crippen LogP contribution in [-0.4, -0.2) is 37.4 Å². The molecule has 0 radical (unpaired) electrons. The van der Waals surface area contributed by atoms with Gasteiger partial charge >= 0.3 is 5.97 Å². The number of carboxylic acid groups (broad SMARTS) is 1. The summed E-state index contributed by atoms with van der Waals surface area (Å²) in [6.45, 7) is 3.74. The number of hydrogen-bond donors (Lipinski definition) is 3. The SMILES string of the molecule is CCc1ccccc1NC=C1C(=O)N(c2ccc(NS(C)(=O)=O)cc2)N=C1C(CC)C(=O)O. The first kappa shape index (κ1) is 24.0. The highest BCUT2D eigenvalue weighted by atomic mass is 32.2. The summed E-state index contributed by atoms with van der Waals surface area (Å²) >= 11 is 0. The van der Waals surface area contributed by atoms with E-state index in [1.807, 2.05) is 31.2 Å². The van der Waals surface area contributed by atoms with Crippen LogP contribution in [-0.2, 0) is 26.0 Å². The molecule has 0 aromatic heterocycles. The van der Waals surface area contributed by atoms with Gasteiger partial charge in [-0.2, -0.15) is 10.1 Å². The molecular weight excluding hydrogens is 444 g/mol. The van der Waals surface area contributed by atoms with Crippen molar-refractivity contribution in [1.29, 1.82) is 0 Å². The van der Waals surface area contributed by atoms with Crippen LogP contribution < -0.4 is 15.0 Å². The zero-order chi connectivity index (χ0) is 24.2. The molecule has 1 amide bonds. The van der Waals surface area contributed by atoms with Crippen molar-refractivity contribution in [3.8, 4) is 0 Å². The smallest absolute Gasteiger partial charge is 0.312 e. The molecule has 1 unspecified atom stereocenters. The number of nitrogens with zero attached hydrogens (tertiary/aromatic N) is 2. The Morgan fingerprint density at radius 3 is 2.39 bits per heavy atom. The van der Waals surface area contributed by atoms with Crippen LogP contribution in [0.15, 0.2) is 65.4 Å². The summed E-state index contributed by atoms with van der Waals surface area (Å²) in [7, 11) is -3.44. The Hall–Kier alpha value is -3.66. The second-order valence-corrected chi connectivity index (χ2v) is 9.28. The molecule has 10 heteroatoms. The molecule has 1 aliphatic rings. The Labute approximate surface area is 192 Å². The van der Waals surface area contributed by atoms with Gasteiger partial charge in [0, 0.05) is 17.6 Å². The van der Waals surface area contributed by atoms with Gasteiger partial charge in [0.1, 0.15) is 5.92 Å². The van der Waals surface area contributed by atoms with Crippen molar-refractivity contribution in [2.75, 3.05) is 21.3 Å². The van der Waals surface area contributed by atoms with E-state index in [9.17, 15) is 23.1 Å². The summed E-state index contributed by atoms with van der Waals surface area (Å²) in [5.41, 5.74) is 2.91. The molecule has 0 spiro atoms. The third kappa shape index (κ3) is 5.58. The number of hydrazone groups is 1. The van der Waals surface area contributed by atoms with Gasteiger partial charge < -0.3 is 10.4 Å². The first-order valence-corrected chi connectivity index (χ1v) is 12.3. The van der Waals surface area contributed by atoms with Crippen LogP contribution in [0.3, 0.4) is 0 Å². The van der Waals surface area contributed by atoms with Crippen LogP contribution in [0.5, 0.6) is 0 Å². The molecule has 0 saturated heterocycles. The van der Waals surface area contributed by atoms with E-state index in [4.69, 9.17) is 0 Å². The highest BCUT2D eigenvalue weighted by molar-refractivity contribution is 7.92. The van der Waals surface area contributed by atoms with E-state index < -0.39 is 27.8 Å². The number of sulfonamides is 1. The summed E-state index contributed by atoms with van der Waals surface area (Å²) in [5.74, 6) is -2.51. The zero-order valence-electron chi connectivity index (χ0n) is 18.6. The molecule has 9 nitrogen and oxygen atoms in total. The third-order valence-corrected chi connectivity index (χ3v) is 5.73. The first-order chi connectivity index (χ1) is 15.6. The Morgan fingerprint density at radius 2 is 1.82 bits per heavy atom. The summed E-state index contributed by atoms with van der Waals surface area (Å²) in [6, 6.07) is 13.7. The van der Waals surface area contributed by atoms with Crippen LogP contribution >= 0.6 is 0 Å². The Morgan fingerprint density at radius 1 is 1.15 bits per heavy atom. The molecule has 2 aromatic rings. The minimum absolute atomic E-state index is 0.161. The Balaban J connectivity index is 1.97. The number of benzene rings is 2. The van der Waals surface area contributed by atoms with E-state index in [-0.39, 0.29) is 17.7 Å². The van der Waals surface area contributed by atoms with Gasteiger partial charge in [0.05, 0.1) is 23.2 Å². The number of nitrogens with one attached hydrogen (secondary N) is 2. The van der Waals surface area contributed by atoms with Crippen molar-refractivity contribution in [3.63, 3.8) is 0 Å². The van der Waals surface area contributed by atoms with Gasteiger partial charge in [-0.3, -0.25) is 14.3 Å². The van der Waals surface area contributed by atoms with E-state index in [1.54, 1.807) is 6.92 Å². The molecule has 2 aromatic carbocycles. The number of anilines is 3. The number of aliphatic carboxylic acids is 1. The van der Waals surface area contributed by atoms with Crippen LogP contribution in [0.2, 0.25) is 0 Å². The van der Waals surface area contributed by atoms with Gasteiger partial charge in [-0.15, -0.1) is 0 Å². The highest BCUT2D eigenvalue weighted by Gasteiger charge is 2.37. The molecule has 1 aliphatic heterocycles. The standard InChI is InChI=1S/C23H26N4O5S/c1-4-15-8-6-7-9-20(15)24-14-19-21(18(5-2)23(29)30)25-27(22(19)28)17-12-10-16(11-13-17)26-33(3,31)32/h6-14,18,24,26H,4-5H2,1-3H3,(H,29,30). The highest BCUT2D eigenvalue weighted by Crippen LogP contribution is 2.29. The molecule has 1 atom stereocenters. The third-order valence-electron chi connectivity index (χ3n) is 5.13. The van der Waals surface area contributed by atoms with Crippen molar-refractivity contribution < 1.29 is 23.1 Å². The van der Waals surface area contributed by atoms with Gasteiger partial charge in [0.15, 0.2) is 0 Å². The summed E-state index contributed by atoms with van der Waals surface area (Å²) < 4.78 is 25.2. The van der Waals surface area contributed by atoms with E-state index in [1.165, 1.54) is 30.5 Å². The van der Waals surface area contributed by atoms with Crippen LogP contribution in [0, 0.1) is 5.92 Å². The molecule has 174 valence electrons. The molecule has 33 heavy (non-hydrogen) atoms. The fourth-order valence-electron chi connectivity index (χ4n) is 3.49. The fraction of sp³-hybridized carbons (Fsp3) is 0.261. The summed E-state index contributed by atoms with van der Waals surface area (Å²) in [5, 5.41) is 18.3. The van der Waals surface area contributed by atoms with Crippen molar-refractivity contribution in [2.45, 2.75) is 26.7 Å². The average molecular weight is 471 g/mol. The zero-order valence-corrected chi connectivity index (χ0v) is 19.4. The van der Waals surface area contributed by atoms with Crippen molar-refractivity contribution in [3.05, 3.63) is 65.9 Å². The van der Waals surface area contributed by atoms with Gasteiger partial charge in [0.2, 0.25) is 10.0 Å². The van der Waals surface area contributed by atoms with Gasteiger partial charge in [-0.25, -0.2) is 8.42 Å². The lowest BCUT2D eigenvalue weighted by Gasteiger charge is -2.13. The quantitative estimate of drug-likeness (QED) is 0.482. The van der Waals surface area contributed by atoms with Crippen LogP contribution in [0.1, 0.15) is 25.8 Å². The molecule has 0 bridgehead atoms. The van der Waals surface area contributed by atoms with Crippen LogP contribution in [0.25, 0.3) is 0 Å². The first-order valence-electron chi connectivity index (χ1n) is 10.4. The Bertz CT molecular complexity index is 1220. The maximum absolute atomic E-state index is 13.2. The lowest BCUT2D eigenvalue weighted by molar-refractivity contribution is -0.139. The van der Waals surface area contributed by atoms with Crippen molar-refractivity contribution >= 4 is 44.7 Å². The van der Waals surface area contributed by atoms with Crippen molar-refractivity contribution in [2.24, 2.45) is 11.0 Å². The lowest BCUT2D eigenvalue weighted by atomic mass is 9.95. The van der Waals surface area contributed by atoms with Crippen molar-refractivity contribution in [1.82, 2.24) is 0 Å². The second-order valence-electron chi connectivity index (χ2n) is 7.54. The number of rotatable bonds is 9. The topological polar surface area (TPSA) is 128 Å². The summed E-state index contributed by atoms with van der Waals surface area (Å²) in [6.07, 6.45) is 3.59. The molecule has 1 heterocycles. The number of carboxylic acids is 1. The minimum atomic E-state index is -3.44. The summed E-state index contributed by atoms with van der Waals surface area (Å²) in [4.78, 5) is 25.1. The normalized spacial score (nSPS) is 16.0. The largest absolute Gasteiger partial charge is 0.481 e. The molecule has 0 aliphatic carbocycles. The van der Waals surface area contributed by atoms with E-state index in [0.717, 1.165) is 28.9 Å². The number of amides is 1. The van der Waals surface area contributed by atoms with E-state index in [2.05, 4.69) is 15.1 Å². The predicted octanol–water partition coefficient (Wildman–Crippen LogP) is 3.43. The minimum Gasteiger partial charge on any atom is -0.481 e. The van der Waals surface area contributed by atoms with E-state index >= 15 is 0 Å². The average Bonchev–Trinajstić information content (AvgIpc) is 3.08. The molecule has 0 saturated carbocycles. The number of aryl methyl sites for hydroxylation is 1. The monoisotopic (exact) mass is 470 g/mol.